The van der Waals surface area contributed by atoms with Gasteiger partial charge in [-0.05, 0) is 55.7 Å². The van der Waals surface area contributed by atoms with Crippen LogP contribution in [-0.2, 0) is 21.4 Å². The number of halogens is 3. The molecule has 1 amide bonds. The van der Waals surface area contributed by atoms with Gasteiger partial charge in [0, 0.05) is 32.1 Å². The molecule has 30 heavy (non-hydrogen) atoms. The maximum Gasteiger partial charge on any atom is 0.246 e. The summed E-state index contributed by atoms with van der Waals surface area (Å²) in [5, 5.41) is 0. The van der Waals surface area contributed by atoms with E-state index in [9.17, 15) is 26.4 Å². The molecule has 0 N–H and O–H groups in total. The minimum atomic E-state index is -4.19. The Balaban J connectivity index is 1.66. The van der Waals surface area contributed by atoms with Gasteiger partial charge in [-0.15, -0.1) is 0 Å². The van der Waals surface area contributed by atoms with Crippen LogP contribution in [0.15, 0.2) is 47.4 Å². The number of sulfonamides is 1. The summed E-state index contributed by atoms with van der Waals surface area (Å²) in [6.07, 6.45) is 0.545. The van der Waals surface area contributed by atoms with E-state index in [4.69, 9.17) is 0 Å². The van der Waals surface area contributed by atoms with Crippen molar-refractivity contribution < 1.29 is 26.4 Å². The van der Waals surface area contributed by atoms with E-state index >= 15 is 0 Å². The predicted molar refractivity (Wildman–Crippen MR) is 105 cm³/mol. The molecule has 2 aromatic carbocycles. The highest BCUT2D eigenvalue weighted by Gasteiger charge is 2.35. The van der Waals surface area contributed by atoms with Gasteiger partial charge in [-0.2, -0.15) is 4.31 Å². The third-order valence-electron chi connectivity index (χ3n) is 5.27. The van der Waals surface area contributed by atoms with E-state index in [2.05, 4.69) is 0 Å². The molecule has 2 aromatic rings. The van der Waals surface area contributed by atoms with Gasteiger partial charge >= 0.3 is 0 Å². The summed E-state index contributed by atoms with van der Waals surface area (Å²) in [4.78, 5) is 13.8. The largest absolute Gasteiger partial charge is 0.338 e. The molecule has 1 fully saturated rings. The van der Waals surface area contributed by atoms with E-state index in [1.807, 2.05) is 6.92 Å². The molecule has 0 spiro atoms. The number of benzene rings is 2. The highest BCUT2D eigenvalue weighted by molar-refractivity contribution is 7.89. The fourth-order valence-electron chi connectivity index (χ4n) is 3.62. The van der Waals surface area contributed by atoms with Gasteiger partial charge in [-0.3, -0.25) is 4.79 Å². The molecule has 1 saturated heterocycles. The number of hydrogen-bond acceptors (Lipinski definition) is 3. The van der Waals surface area contributed by atoms with Gasteiger partial charge in [-0.25, -0.2) is 21.6 Å². The van der Waals surface area contributed by atoms with Gasteiger partial charge < -0.3 is 4.90 Å². The van der Waals surface area contributed by atoms with Crippen molar-refractivity contribution in [2.45, 2.75) is 31.2 Å². The summed E-state index contributed by atoms with van der Waals surface area (Å²) in [6.45, 7) is 2.59. The number of piperidine rings is 1. The monoisotopic (exact) mass is 440 g/mol. The molecule has 3 rings (SSSR count). The van der Waals surface area contributed by atoms with Crippen molar-refractivity contribution in [1.82, 2.24) is 9.21 Å². The van der Waals surface area contributed by atoms with Crippen LogP contribution in [0.25, 0.3) is 0 Å². The number of rotatable bonds is 6. The Kier molecular flexibility index (Phi) is 6.82. The molecule has 0 radical (unpaired) electrons. The van der Waals surface area contributed by atoms with Gasteiger partial charge in [0.1, 0.15) is 22.3 Å². The van der Waals surface area contributed by atoms with Crippen LogP contribution in [0.3, 0.4) is 0 Å². The minimum Gasteiger partial charge on any atom is -0.338 e. The Morgan fingerprint density at radius 2 is 1.73 bits per heavy atom. The third-order valence-corrected chi connectivity index (χ3v) is 7.18. The maximum atomic E-state index is 14.0. The van der Waals surface area contributed by atoms with E-state index in [-0.39, 0.29) is 50.1 Å². The van der Waals surface area contributed by atoms with Crippen molar-refractivity contribution >= 4 is 15.9 Å². The van der Waals surface area contributed by atoms with Crippen molar-refractivity contribution in [3.05, 3.63) is 65.5 Å². The summed E-state index contributed by atoms with van der Waals surface area (Å²) >= 11 is 0. The van der Waals surface area contributed by atoms with Gasteiger partial charge in [-0.1, -0.05) is 12.1 Å². The van der Waals surface area contributed by atoms with Crippen LogP contribution in [0.4, 0.5) is 13.2 Å². The Morgan fingerprint density at radius 3 is 2.37 bits per heavy atom. The summed E-state index contributed by atoms with van der Waals surface area (Å²) < 4.78 is 67.2. The van der Waals surface area contributed by atoms with Gasteiger partial charge in [0.25, 0.3) is 0 Å². The van der Waals surface area contributed by atoms with Crippen LogP contribution in [0.2, 0.25) is 0 Å². The Labute approximate surface area is 174 Å². The molecule has 0 aliphatic carbocycles. The van der Waals surface area contributed by atoms with Crippen molar-refractivity contribution in [3.63, 3.8) is 0 Å². The average Bonchev–Trinajstić information content (AvgIpc) is 2.73. The number of carbonyl (C=O) groups excluding carboxylic acids is 1. The maximum absolute atomic E-state index is 14.0. The Hall–Kier alpha value is -2.39. The SMILES string of the molecule is CCN(Cc1cccc(F)c1)C(=O)C1CCN(S(=O)(=O)c2cc(F)ccc2F)CC1. The van der Waals surface area contributed by atoms with Crippen LogP contribution in [0.5, 0.6) is 0 Å². The van der Waals surface area contributed by atoms with E-state index in [0.29, 0.717) is 18.2 Å². The molecular weight excluding hydrogens is 417 g/mol. The first-order valence-corrected chi connectivity index (χ1v) is 11.1. The second-order valence-electron chi connectivity index (χ2n) is 7.24. The first-order chi connectivity index (χ1) is 14.2. The van der Waals surface area contributed by atoms with Crippen LogP contribution in [0.1, 0.15) is 25.3 Å². The summed E-state index contributed by atoms with van der Waals surface area (Å²) in [7, 11) is -4.19. The van der Waals surface area contributed by atoms with Crippen molar-refractivity contribution in [3.8, 4) is 0 Å². The smallest absolute Gasteiger partial charge is 0.246 e. The molecule has 1 aliphatic rings. The van der Waals surface area contributed by atoms with Gasteiger partial charge in [0.05, 0.1) is 0 Å². The van der Waals surface area contributed by atoms with E-state index in [1.165, 1.54) is 12.1 Å². The summed E-state index contributed by atoms with van der Waals surface area (Å²) in [5.41, 5.74) is 0.673. The molecule has 0 atom stereocenters. The molecule has 5 nitrogen and oxygen atoms in total. The van der Waals surface area contributed by atoms with Crippen molar-refractivity contribution in [2.75, 3.05) is 19.6 Å². The summed E-state index contributed by atoms with van der Waals surface area (Å²) in [6, 6.07) is 8.33. The lowest BCUT2D eigenvalue weighted by Gasteiger charge is -2.33. The van der Waals surface area contributed by atoms with Crippen LogP contribution < -0.4 is 0 Å². The van der Waals surface area contributed by atoms with Crippen molar-refractivity contribution in [1.29, 1.82) is 0 Å². The fraction of sp³-hybridized carbons (Fsp3) is 0.381. The molecule has 0 unspecified atom stereocenters. The standard InChI is InChI=1S/C21H23F3N2O3S/c1-2-25(14-15-4-3-5-17(22)12-15)21(27)16-8-10-26(11-9-16)30(28,29)20-13-18(23)6-7-19(20)24/h3-7,12-13,16H,2,8-11,14H2,1H3. The highest BCUT2D eigenvalue weighted by Crippen LogP contribution is 2.27. The molecule has 1 aliphatic heterocycles. The number of amides is 1. The quantitative estimate of drug-likeness (QED) is 0.690. The molecule has 1 heterocycles. The minimum absolute atomic E-state index is 0.0339. The fourth-order valence-corrected chi connectivity index (χ4v) is 5.16. The normalized spacial score (nSPS) is 15.9. The van der Waals surface area contributed by atoms with Crippen LogP contribution in [-0.4, -0.2) is 43.2 Å². The highest BCUT2D eigenvalue weighted by atomic mass is 32.2. The lowest BCUT2D eigenvalue weighted by Crippen LogP contribution is -2.44. The van der Waals surface area contributed by atoms with E-state index < -0.39 is 26.6 Å². The number of hydrogen-bond donors (Lipinski definition) is 0. The lowest BCUT2D eigenvalue weighted by molar-refractivity contribution is -0.137. The van der Waals surface area contributed by atoms with E-state index in [1.54, 1.807) is 17.0 Å². The Morgan fingerprint density at radius 1 is 1.07 bits per heavy atom. The topological polar surface area (TPSA) is 57.7 Å². The second kappa shape index (κ2) is 9.18. The van der Waals surface area contributed by atoms with Crippen LogP contribution >= 0.6 is 0 Å². The number of nitrogens with zero attached hydrogens (tertiary/aromatic N) is 2. The number of carbonyl (C=O) groups is 1. The zero-order valence-corrected chi connectivity index (χ0v) is 17.3. The molecule has 0 saturated carbocycles. The zero-order valence-electron chi connectivity index (χ0n) is 16.5. The third kappa shape index (κ3) is 4.84. The molecular formula is C21H23F3N2O3S. The molecule has 0 aromatic heterocycles. The molecule has 162 valence electrons. The first kappa shape index (κ1) is 22.3. The zero-order chi connectivity index (χ0) is 21.9. The predicted octanol–water partition coefficient (Wildman–Crippen LogP) is 3.55. The lowest BCUT2D eigenvalue weighted by atomic mass is 9.96. The molecule has 9 heteroatoms. The van der Waals surface area contributed by atoms with Crippen molar-refractivity contribution in [2.24, 2.45) is 5.92 Å². The van der Waals surface area contributed by atoms with Gasteiger partial charge in [0.15, 0.2) is 0 Å². The average molecular weight is 440 g/mol. The Bertz CT molecular complexity index is 1020. The van der Waals surface area contributed by atoms with Gasteiger partial charge in [0.2, 0.25) is 15.9 Å². The summed E-state index contributed by atoms with van der Waals surface area (Å²) in [5.74, 6) is -2.74. The van der Waals surface area contributed by atoms with Crippen LogP contribution in [0, 0.1) is 23.4 Å². The van der Waals surface area contributed by atoms with E-state index in [0.717, 1.165) is 16.4 Å². The molecule has 0 bridgehead atoms. The second-order valence-corrected chi connectivity index (χ2v) is 9.14. The first-order valence-electron chi connectivity index (χ1n) is 9.70.